The van der Waals surface area contributed by atoms with Gasteiger partial charge in [0.25, 0.3) is 0 Å². The lowest BCUT2D eigenvalue weighted by Crippen LogP contribution is -2.37. The topological polar surface area (TPSA) is 49.4 Å². The molecule has 0 unspecified atom stereocenters. The van der Waals surface area contributed by atoms with Crippen molar-refractivity contribution in [3.63, 3.8) is 0 Å². The van der Waals surface area contributed by atoms with Crippen molar-refractivity contribution in [1.82, 2.24) is 5.32 Å². The van der Waals surface area contributed by atoms with Gasteiger partial charge < -0.3 is 10.2 Å². The zero-order valence-corrected chi connectivity index (χ0v) is 13.9. The molecule has 22 heavy (non-hydrogen) atoms. The highest BCUT2D eigenvalue weighted by Gasteiger charge is 2.19. The highest BCUT2D eigenvalue weighted by molar-refractivity contribution is 6.31. The molecule has 4 nitrogen and oxygen atoms in total. The smallest absolute Gasteiger partial charge is 0.223 e. The summed E-state index contributed by atoms with van der Waals surface area (Å²) in [7, 11) is 0. The molecule has 0 bridgehead atoms. The van der Waals surface area contributed by atoms with E-state index in [1.54, 1.807) is 11.0 Å². The average molecular weight is 323 g/mol. The Morgan fingerprint density at radius 3 is 2.59 bits per heavy atom. The summed E-state index contributed by atoms with van der Waals surface area (Å²) in [6, 6.07) is 5.82. The summed E-state index contributed by atoms with van der Waals surface area (Å²) in [6.45, 7) is 3.79. The highest BCUT2D eigenvalue weighted by Crippen LogP contribution is 2.23. The summed E-state index contributed by atoms with van der Waals surface area (Å²) in [4.78, 5) is 25.4. The molecule has 1 aliphatic carbocycles. The lowest BCUT2D eigenvalue weighted by atomic mass is 10.2. The first-order valence-electron chi connectivity index (χ1n) is 7.81. The van der Waals surface area contributed by atoms with Gasteiger partial charge >= 0.3 is 0 Å². The van der Waals surface area contributed by atoms with E-state index in [1.807, 2.05) is 19.1 Å². The quantitative estimate of drug-likeness (QED) is 0.902. The normalized spacial score (nSPS) is 14.9. The number of hydrogen-bond donors (Lipinski definition) is 1. The first kappa shape index (κ1) is 16.8. The van der Waals surface area contributed by atoms with Gasteiger partial charge in [0, 0.05) is 36.6 Å². The molecule has 120 valence electrons. The Labute approximate surface area is 136 Å². The summed E-state index contributed by atoms with van der Waals surface area (Å²) < 4.78 is 0. The maximum Gasteiger partial charge on any atom is 0.223 e. The van der Waals surface area contributed by atoms with Crippen molar-refractivity contribution in [3.05, 3.63) is 28.8 Å². The van der Waals surface area contributed by atoms with Crippen molar-refractivity contribution in [1.29, 1.82) is 0 Å². The van der Waals surface area contributed by atoms with Gasteiger partial charge in [-0.3, -0.25) is 9.59 Å². The molecule has 0 aromatic heterocycles. The lowest BCUT2D eigenvalue weighted by molar-refractivity contribution is -0.121. The van der Waals surface area contributed by atoms with Crippen LogP contribution in [0.25, 0.3) is 0 Å². The highest BCUT2D eigenvalue weighted by atomic mass is 35.5. The van der Waals surface area contributed by atoms with Crippen molar-refractivity contribution in [2.45, 2.75) is 52.0 Å². The SMILES string of the molecule is CC(=O)N(CCC(=O)NC1CCCC1)c1ccc(C)c(Cl)c1. The Bertz CT molecular complexity index is 554. The zero-order valence-electron chi connectivity index (χ0n) is 13.2. The number of benzene rings is 1. The molecule has 1 saturated carbocycles. The monoisotopic (exact) mass is 322 g/mol. The van der Waals surface area contributed by atoms with Crippen molar-refractivity contribution < 1.29 is 9.59 Å². The summed E-state index contributed by atoms with van der Waals surface area (Å²) in [5.41, 5.74) is 1.70. The van der Waals surface area contributed by atoms with Crippen molar-refractivity contribution in [2.75, 3.05) is 11.4 Å². The largest absolute Gasteiger partial charge is 0.353 e. The van der Waals surface area contributed by atoms with Gasteiger partial charge in [-0.25, -0.2) is 0 Å². The van der Waals surface area contributed by atoms with Gasteiger partial charge in [0.2, 0.25) is 11.8 Å². The summed E-state index contributed by atoms with van der Waals surface area (Å²) >= 11 is 6.12. The third-order valence-corrected chi connectivity index (χ3v) is 4.54. The third kappa shape index (κ3) is 4.47. The fraction of sp³-hybridized carbons (Fsp3) is 0.529. The number of nitrogens with zero attached hydrogens (tertiary/aromatic N) is 1. The molecular formula is C17H23ClN2O2. The van der Waals surface area contributed by atoms with Crippen molar-refractivity contribution in [2.24, 2.45) is 0 Å². The standard InChI is InChI=1S/C17H23ClN2O2/c1-12-7-8-15(11-16(12)18)20(13(2)21)10-9-17(22)19-14-5-3-4-6-14/h7-8,11,14H,3-6,9-10H2,1-2H3,(H,19,22). The molecule has 1 aromatic rings. The second-order valence-corrected chi connectivity index (χ2v) is 6.31. The van der Waals surface area contributed by atoms with Crippen molar-refractivity contribution in [3.8, 4) is 0 Å². The third-order valence-electron chi connectivity index (χ3n) is 4.13. The van der Waals surface area contributed by atoms with Crippen LogP contribution in [-0.2, 0) is 9.59 Å². The summed E-state index contributed by atoms with van der Waals surface area (Å²) in [5.74, 6) is -0.0788. The minimum Gasteiger partial charge on any atom is -0.353 e. The molecule has 0 heterocycles. The maximum atomic E-state index is 12.0. The molecule has 1 fully saturated rings. The van der Waals surface area contributed by atoms with E-state index in [2.05, 4.69) is 5.32 Å². The molecular weight excluding hydrogens is 300 g/mol. The first-order valence-corrected chi connectivity index (χ1v) is 8.19. The Hall–Kier alpha value is -1.55. The molecule has 2 amide bonds. The minimum absolute atomic E-state index is 0.0105. The van der Waals surface area contributed by atoms with E-state index in [4.69, 9.17) is 11.6 Å². The number of carbonyl (C=O) groups excluding carboxylic acids is 2. The number of amides is 2. The second kappa shape index (κ2) is 7.63. The second-order valence-electron chi connectivity index (χ2n) is 5.90. The Kier molecular flexibility index (Phi) is 5.83. The molecule has 5 heteroatoms. The number of carbonyl (C=O) groups is 2. The summed E-state index contributed by atoms with van der Waals surface area (Å²) in [6.07, 6.45) is 4.81. The van der Waals surface area contributed by atoms with Crippen molar-refractivity contribution >= 4 is 29.1 Å². The van der Waals surface area contributed by atoms with Gasteiger partial charge in [-0.05, 0) is 37.5 Å². The van der Waals surface area contributed by atoms with E-state index in [9.17, 15) is 9.59 Å². The fourth-order valence-electron chi connectivity index (χ4n) is 2.80. The Balaban J connectivity index is 1.95. The molecule has 1 aromatic carbocycles. The predicted octanol–water partition coefficient (Wildman–Crippen LogP) is 3.45. The first-order chi connectivity index (χ1) is 10.5. The number of hydrogen-bond acceptors (Lipinski definition) is 2. The van der Waals surface area contributed by atoms with Crippen LogP contribution in [-0.4, -0.2) is 24.4 Å². The number of nitrogens with one attached hydrogen (secondary N) is 1. The van der Waals surface area contributed by atoms with Crippen LogP contribution >= 0.6 is 11.6 Å². The molecule has 0 radical (unpaired) electrons. The van der Waals surface area contributed by atoms with Crippen LogP contribution in [0.1, 0.15) is 44.6 Å². The molecule has 0 spiro atoms. The van der Waals surface area contributed by atoms with E-state index < -0.39 is 0 Å². The number of rotatable bonds is 5. The molecule has 0 saturated heterocycles. The molecule has 0 atom stereocenters. The Morgan fingerprint density at radius 2 is 2.00 bits per heavy atom. The van der Waals surface area contributed by atoms with Gasteiger partial charge in [-0.1, -0.05) is 30.5 Å². The van der Waals surface area contributed by atoms with Crippen LogP contribution in [0.4, 0.5) is 5.69 Å². The van der Waals surface area contributed by atoms with Gasteiger partial charge in [0.1, 0.15) is 0 Å². The number of anilines is 1. The molecule has 0 aliphatic heterocycles. The molecule has 1 aliphatic rings. The van der Waals surface area contributed by atoms with E-state index >= 15 is 0 Å². The van der Waals surface area contributed by atoms with Crippen LogP contribution < -0.4 is 10.2 Å². The predicted molar refractivity (Wildman–Crippen MR) is 89.2 cm³/mol. The average Bonchev–Trinajstić information content (AvgIpc) is 2.95. The van der Waals surface area contributed by atoms with E-state index in [1.165, 1.54) is 19.8 Å². The maximum absolute atomic E-state index is 12.0. The lowest BCUT2D eigenvalue weighted by Gasteiger charge is -2.22. The van der Waals surface area contributed by atoms with Crippen LogP contribution in [0.5, 0.6) is 0 Å². The summed E-state index contributed by atoms with van der Waals surface area (Å²) in [5, 5.41) is 3.67. The molecule has 2 rings (SSSR count). The van der Waals surface area contributed by atoms with Gasteiger partial charge in [0.05, 0.1) is 0 Å². The zero-order chi connectivity index (χ0) is 16.1. The number of halogens is 1. The Morgan fingerprint density at radius 1 is 1.32 bits per heavy atom. The van der Waals surface area contributed by atoms with Gasteiger partial charge in [-0.2, -0.15) is 0 Å². The minimum atomic E-state index is -0.0893. The fourth-order valence-corrected chi connectivity index (χ4v) is 2.98. The van der Waals surface area contributed by atoms with Crippen LogP contribution in [0.2, 0.25) is 5.02 Å². The van der Waals surface area contributed by atoms with E-state index in [-0.39, 0.29) is 11.8 Å². The van der Waals surface area contributed by atoms with Crippen LogP contribution in [0, 0.1) is 6.92 Å². The number of aryl methyl sites for hydroxylation is 1. The van der Waals surface area contributed by atoms with Gasteiger partial charge in [0.15, 0.2) is 0 Å². The van der Waals surface area contributed by atoms with E-state index in [0.29, 0.717) is 24.0 Å². The van der Waals surface area contributed by atoms with Gasteiger partial charge in [-0.15, -0.1) is 0 Å². The van der Waals surface area contributed by atoms with Crippen LogP contribution in [0.3, 0.4) is 0 Å². The van der Waals surface area contributed by atoms with Crippen LogP contribution in [0.15, 0.2) is 18.2 Å². The van der Waals surface area contributed by atoms with E-state index in [0.717, 1.165) is 24.1 Å². The molecule has 1 N–H and O–H groups in total.